The summed E-state index contributed by atoms with van der Waals surface area (Å²) in [5.74, 6) is 0.993. The Balaban J connectivity index is 1.55. The Morgan fingerprint density at radius 2 is 1.13 bits per heavy atom. The van der Waals surface area contributed by atoms with E-state index in [1.807, 2.05) is 0 Å². The van der Waals surface area contributed by atoms with E-state index in [1.54, 1.807) is 27.5 Å². The van der Waals surface area contributed by atoms with E-state index in [2.05, 4.69) is 173 Å². The van der Waals surface area contributed by atoms with E-state index in [0.29, 0.717) is 17.4 Å². The van der Waals surface area contributed by atoms with E-state index in [0.717, 1.165) is 6.42 Å². The highest BCUT2D eigenvalue weighted by molar-refractivity contribution is 6.96. The van der Waals surface area contributed by atoms with E-state index < -0.39 is 8.07 Å². The SMILES string of the molecule is CC(C)C1=Cc2cccc(-c3ccc(C(C)(C)C)cc3)c2C1[Si](C)(C)C1=C(C(C)C)Cc2cccc(-c3ccc(C(C)(C)C)cc3)c21. The van der Waals surface area contributed by atoms with Gasteiger partial charge >= 0.3 is 0 Å². The number of benzene rings is 4. The number of hydrogen-bond acceptors (Lipinski definition) is 0. The highest BCUT2D eigenvalue weighted by Crippen LogP contribution is 2.56. The second kappa shape index (κ2) is 11.9. The van der Waals surface area contributed by atoms with Crippen molar-refractivity contribution in [1.82, 2.24) is 0 Å². The molecule has 1 atom stereocenters. The second-order valence-electron chi connectivity index (χ2n) is 17.5. The molecule has 4 aromatic rings. The molecule has 4 aromatic carbocycles. The third kappa shape index (κ3) is 5.95. The highest BCUT2D eigenvalue weighted by atomic mass is 28.3. The summed E-state index contributed by atoms with van der Waals surface area (Å²) >= 11 is 0. The van der Waals surface area contributed by atoms with Crippen LogP contribution in [0, 0.1) is 11.8 Å². The van der Waals surface area contributed by atoms with Crippen LogP contribution in [-0.4, -0.2) is 8.07 Å². The molecular formula is C46H56Si. The summed E-state index contributed by atoms with van der Waals surface area (Å²) < 4.78 is 0. The minimum atomic E-state index is -2.19. The first-order chi connectivity index (χ1) is 22.0. The molecule has 0 aliphatic heterocycles. The standard InChI is InChI=1S/C46H56Si/c1-29(2)39-27-33-15-13-17-37(31-19-23-35(24-20-31)45(5,6)7)41(33)43(39)47(11,12)44-40(30(3)4)28-34-16-14-18-38(42(34)44)32-21-25-36(26-22-32)46(8,9)10/h13-27,29-30,43H,28H2,1-12H3. The topological polar surface area (TPSA) is 0 Å². The number of fused-ring (bicyclic) bond motifs is 2. The zero-order valence-corrected chi connectivity index (χ0v) is 32.1. The van der Waals surface area contributed by atoms with Crippen LogP contribution in [0.1, 0.15) is 108 Å². The smallest absolute Gasteiger partial charge is 0.0647 e. The molecule has 244 valence electrons. The van der Waals surface area contributed by atoms with Gasteiger partial charge in [0.15, 0.2) is 0 Å². The molecule has 2 aliphatic carbocycles. The van der Waals surface area contributed by atoms with Crippen LogP contribution in [0.15, 0.2) is 96.1 Å². The van der Waals surface area contributed by atoms with Gasteiger partial charge in [-0.2, -0.15) is 0 Å². The molecule has 0 amide bonds. The number of allylic oxidation sites excluding steroid dienone is 2. The lowest BCUT2D eigenvalue weighted by Gasteiger charge is -2.39. The summed E-state index contributed by atoms with van der Waals surface area (Å²) in [6, 6.07) is 33.0. The van der Waals surface area contributed by atoms with Crippen molar-refractivity contribution < 1.29 is 0 Å². The molecule has 0 saturated carbocycles. The van der Waals surface area contributed by atoms with Gasteiger partial charge in [-0.1, -0.05) is 190 Å². The predicted octanol–water partition coefficient (Wildman–Crippen LogP) is 13.2. The lowest BCUT2D eigenvalue weighted by Crippen LogP contribution is -2.39. The number of hydrogen-bond donors (Lipinski definition) is 0. The monoisotopic (exact) mass is 636 g/mol. The first-order valence-corrected chi connectivity index (χ1v) is 21.0. The molecule has 0 fully saturated rings. The summed E-state index contributed by atoms with van der Waals surface area (Å²) in [5, 5.41) is 1.71. The molecule has 0 radical (unpaired) electrons. The van der Waals surface area contributed by atoms with Crippen molar-refractivity contribution in [3.63, 3.8) is 0 Å². The van der Waals surface area contributed by atoms with E-state index in [4.69, 9.17) is 0 Å². The van der Waals surface area contributed by atoms with Crippen molar-refractivity contribution in [2.75, 3.05) is 0 Å². The third-order valence-corrected chi connectivity index (χ3v) is 15.0. The molecule has 0 nitrogen and oxygen atoms in total. The average molecular weight is 637 g/mol. The fourth-order valence-electron chi connectivity index (χ4n) is 8.40. The first-order valence-electron chi connectivity index (χ1n) is 17.9. The maximum atomic E-state index is 2.69. The van der Waals surface area contributed by atoms with Gasteiger partial charge in [-0.05, 0) is 84.7 Å². The summed E-state index contributed by atoms with van der Waals surface area (Å²) in [6.07, 6.45) is 3.64. The van der Waals surface area contributed by atoms with Gasteiger partial charge in [0.1, 0.15) is 0 Å². The van der Waals surface area contributed by atoms with Crippen LogP contribution in [-0.2, 0) is 17.3 Å². The van der Waals surface area contributed by atoms with Crippen molar-refractivity contribution in [2.45, 2.75) is 105 Å². The summed E-state index contributed by atoms with van der Waals surface area (Å²) in [7, 11) is -2.19. The summed E-state index contributed by atoms with van der Waals surface area (Å²) in [6.45, 7) is 28.9. The van der Waals surface area contributed by atoms with Gasteiger partial charge in [-0.15, -0.1) is 0 Å². The van der Waals surface area contributed by atoms with Crippen LogP contribution >= 0.6 is 0 Å². The van der Waals surface area contributed by atoms with Crippen LogP contribution < -0.4 is 0 Å². The Kier molecular flexibility index (Phi) is 8.49. The molecule has 0 saturated heterocycles. The van der Waals surface area contributed by atoms with Gasteiger partial charge in [0.25, 0.3) is 0 Å². The van der Waals surface area contributed by atoms with E-state index in [9.17, 15) is 0 Å². The summed E-state index contributed by atoms with van der Waals surface area (Å²) in [4.78, 5) is 0. The lowest BCUT2D eigenvalue weighted by atomic mass is 9.85. The van der Waals surface area contributed by atoms with E-state index in [-0.39, 0.29) is 10.8 Å². The lowest BCUT2D eigenvalue weighted by molar-refractivity contribution is 0.590. The Morgan fingerprint density at radius 3 is 1.64 bits per heavy atom. The fourth-order valence-corrected chi connectivity index (χ4v) is 13.1. The third-order valence-electron chi connectivity index (χ3n) is 11.0. The van der Waals surface area contributed by atoms with Crippen molar-refractivity contribution in [1.29, 1.82) is 0 Å². The molecule has 0 heterocycles. The van der Waals surface area contributed by atoms with Crippen LogP contribution in [0.25, 0.3) is 33.5 Å². The van der Waals surface area contributed by atoms with Gasteiger partial charge in [-0.25, -0.2) is 0 Å². The summed E-state index contributed by atoms with van der Waals surface area (Å²) in [5.41, 5.74) is 18.3. The Morgan fingerprint density at radius 1 is 0.617 bits per heavy atom. The van der Waals surface area contributed by atoms with Gasteiger partial charge in [-0.3, -0.25) is 0 Å². The molecule has 0 aromatic heterocycles. The van der Waals surface area contributed by atoms with Gasteiger partial charge in [0.05, 0.1) is 8.07 Å². The second-order valence-corrected chi connectivity index (χ2v) is 22.0. The molecule has 2 aliphatic rings. The van der Waals surface area contributed by atoms with E-state index in [1.165, 1.54) is 44.5 Å². The molecule has 6 rings (SSSR count). The van der Waals surface area contributed by atoms with Crippen LogP contribution in [0.2, 0.25) is 13.1 Å². The Labute approximate surface area is 287 Å². The zero-order valence-electron chi connectivity index (χ0n) is 31.1. The Hall–Kier alpha value is -3.42. The van der Waals surface area contributed by atoms with Crippen molar-refractivity contribution in [3.8, 4) is 22.3 Å². The van der Waals surface area contributed by atoms with Crippen molar-refractivity contribution >= 4 is 19.3 Å². The number of rotatable bonds is 6. The fraction of sp³-hybridized carbons (Fsp3) is 0.391. The van der Waals surface area contributed by atoms with Crippen molar-refractivity contribution in [3.05, 3.63) is 129 Å². The minimum Gasteiger partial charge on any atom is -0.0647 e. The largest absolute Gasteiger partial charge is 0.0931 e. The predicted molar refractivity (Wildman–Crippen MR) is 210 cm³/mol. The Bertz CT molecular complexity index is 1860. The molecular weight excluding hydrogens is 581 g/mol. The molecule has 0 N–H and O–H groups in total. The zero-order chi connectivity index (χ0) is 34.1. The van der Waals surface area contributed by atoms with Gasteiger partial charge < -0.3 is 0 Å². The molecule has 47 heavy (non-hydrogen) atoms. The van der Waals surface area contributed by atoms with Crippen LogP contribution in [0.5, 0.6) is 0 Å². The van der Waals surface area contributed by atoms with Gasteiger partial charge in [0, 0.05) is 5.54 Å². The molecule has 0 spiro atoms. The van der Waals surface area contributed by atoms with Crippen LogP contribution in [0.4, 0.5) is 0 Å². The molecule has 1 unspecified atom stereocenters. The van der Waals surface area contributed by atoms with Crippen LogP contribution in [0.3, 0.4) is 0 Å². The van der Waals surface area contributed by atoms with Gasteiger partial charge in [0.2, 0.25) is 0 Å². The maximum absolute atomic E-state index is 2.69. The molecule has 0 bridgehead atoms. The quantitative estimate of drug-likeness (QED) is 0.185. The van der Waals surface area contributed by atoms with E-state index >= 15 is 0 Å². The van der Waals surface area contributed by atoms with Crippen molar-refractivity contribution in [2.24, 2.45) is 11.8 Å². The normalized spacial score (nSPS) is 16.6. The minimum absolute atomic E-state index is 0.140. The maximum Gasteiger partial charge on any atom is 0.0931 e. The molecule has 1 heteroatoms. The first kappa shape index (κ1) is 33.5. The average Bonchev–Trinajstić information content (AvgIpc) is 3.61. The highest BCUT2D eigenvalue weighted by Gasteiger charge is 2.47.